The summed E-state index contributed by atoms with van der Waals surface area (Å²) in [6.07, 6.45) is 3.56. The van der Waals surface area contributed by atoms with E-state index in [0.29, 0.717) is 0 Å². The topological polar surface area (TPSA) is 42.3 Å². The van der Waals surface area contributed by atoms with E-state index in [2.05, 4.69) is 9.38 Å². The fourth-order valence-electron chi connectivity index (χ4n) is 1.60. The van der Waals surface area contributed by atoms with Crippen LogP contribution >= 0.6 is 0 Å². The van der Waals surface area contributed by atoms with E-state index in [4.69, 9.17) is 0 Å². The molecular formula is C12H16N2OS. The summed E-state index contributed by atoms with van der Waals surface area (Å²) >= 11 is 0. The van der Waals surface area contributed by atoms with Gasteiger partial charge in [0.1, 0.15) is 11.0 Å². The highest BCUT2D eigenvalue weighted by Crippen LogP contribution is 2.22. The van der Waals surface area contributed by atoms with Gasteiger partial charge in [0.2, 0.25) is 0 Å². The largest absolute Gasteiger partial charge is 0.261 e. The van der Waals surface area contributed by atoms with Crippen molar-refractivity contribution in [3.63, 3.8) is 0 Å². The Morgan fingerprint density at radius 3 is 2.81 bits per heavy atom. The molecule has 1 aromatic rings. The van der Waals surface area contributed by atoms with Gasteiger partial charge in [-0.2, -0.15) is 4.40 Å². The van der Waals surface area contributed by atoms with Crippen LogP contribution in [0.1, 0.15) is 38.4 Å². The maximum absolute atomic E-state index is 11.9. The van der Waals surface area contributed by atoms with Gasteiger partial charge in [-0.05, 0) is 45.7 Å². The molecule has 0 saturated heterocycles. The third-order valence-corrected chi connectivity index (χ3v) is 3.95. The third-order valence-electron chi connectivity index (χ3n) is 2.52. The predicted molar refractivity (Wildman–Crippen MR) is 67.0 cm³/mol. The van der Waals surface area contributed by atoms with Crippen LogP contribution < -0.4 is 0 Å². The monoisotopic (exact) mass is 236 g/mol. The van der Waals surface area contributed by atoms with Gasteiger partial charge in [-0.3, -0.25) is 4.98 Å². The van der Waals surface area contributed by atoms with Gasteiger partial charge < -0.3 is 0 Å². The van der Waals surface area contributed by atoms with Gasteiger partial charge in [-0.15, -0.1) is 0 Å². The average Bonchev–Trinajstić information content (AvgIpc) is 2.61. The quantitative estimate of drug-likeness (QED) is 0.750. The predicted octanol–water partition coefficient (Wildman–Crippen LogP) is 2.28. The van der Waals surface area contributed by atoms with E-state index in [-0.39, 0.29) is 4.75 Å². The van der Waals surface area contributed by atoms with Gasteiger partial charge in [0.15, 0.2) is 0 Å². The summed E-state index contributed by atoms with van der Waals surface area (Å²) in [5, 5.41) is 0. The number of fused-ring (bicyclic) bond motifs is 1. The fourth-order valence-corrected chi connectivity index (χ4v) is 2.27. The maximum atomic E-state index is 11.9. The highest BCUT2D eigenvalue weighted by molar-refractivity contribution is 7.85. The van der Waals surface area contributed by atoms with E-state index in [1.165, 1.54) is 0 Å². The van der Waals surface area contributed by atoms with Crippen LogP contribution in [0.3, 0.4) is 0 Å². The molecule has 0 radical (unpaired) electrons. The van der Waals surface area contributed by atoms with Crippen LogP contribution in [0.4, 0.5) is 0 Å². The van der Waals surface area contributed by atoms with Gasteiger partial charge in [0.25, 0.3) is 0 Å². The Balaban J connectivity index is 2.32. The van der Waals surface area contributed by atoms with Crippen LogP contribution in [0.25, 0.3) is 0 Å². The highest BCUT2D eigenvalue weighted by Gasteiger charge is 2.23. The van der Waals surface area contributed by atoms with Crippen LogP contribution in [0, 0.1) is 0 Å². The number of hydrogen-bond donors (Lipinski definition) is 0. The molecule has 0 amide bonds. The first-order valence-corrected chi connectivity index (χ1v) is 6.53. The molecule has 1 aliphatic rings. The molecule has 1 aromatic heterocycles. The van der Waals surface area contributed by atoms with E-state index in [1.54, 1.807) is 6.20 Å². The van der Waals surface area contributed by atoms with Crippen LogP contribution in [-0.2, 0) is 17.4 Å². The average molecular weight is 236 g/mol. The maximum Gasteiger partial charge on any atom is 0.145 e. The lowest BCUT2D eigenvalue weighted by Gasteiger charge is -2.13. The molecule has 2 rings (SSSR count). The number of aromatic nitrogens is 1. The Kier molecular flexibility index (Phi) is 2.93. The molecule has 0 aliphatic heterocycles. The van der Waals surface area contributed by atoms with Crippen molar-refractivity contribution >= 4 is 16.7 Å². The van der Waals surface area contributed by atoms with E-state index in [9.17, 15) is 4.21 Å². The van der Waals surface area contributed by atoms with Crippen LogP contribution in [0.15, 0.2) is 22.7 Å². The molecule has 1 atom stereocenters. The molecule has 16 heavy (non-hydrogen) atoms. The fraction of sp³-hybridized carbons (Fsp3) is 0.500. The summed E-state index contributed by atoms with van der Waals surface area (Å²) in [5.41, 5.74) is 3.09. The van der Waals surface area contributed by atoms with Crippen molar-refractivity contribution in [2.24, 2.45) is 4.40 Å². The second-order valence-corrected chi connectivity index (χ2v) is 6.80. The summed E-state index contributed by atoms with van der Waals surface area (Å²) in [6.45, 7) is 5.81. The van der Waals surface area contributed by atoms with Gasteiger partial charge in [-0.25, -0.2) is 4.21 Å². The van der Waals surface area contributed by atoms with Crippen molar-refractivity contribution < 1.29 is 4.21 Å². The van der Waals surface area contributed by atoms with Crippen molar-refractivity contribution in [2.45, 2.75) is 38.4 Å². The van der Waals surface area contributed by atoms with Crippen molar-refractivity contribution in [3.8, 4) is 0 Å². The normalized spacial score (nSPS) is 19.8. The van der Waals surface area contributed by atoms with Gasteiger partial charge in [-0.1, -0.05) is 0 Å². The first kappa shape index (κ1) is 11.5. The Bertz CT molecular complexity index is 460. The molecule has 86 valence electrons. The summed E-state index contributed by atoms with van der Waals surface area (Å²) in [5.74, 6) is 0. The summed E-state index contributed by atoms with van der Waals surface area (Å²) in [4.78, 5) is 4.30. The number of aryl methyl sites for hydroxylation is 1. The molecule has 1 aliphatic carbocycles. The smallest absolute Gasteiger partial charge is 0.145 e. The summed E-state index contributed by atoms with van der Waals surface area (Å²) in [7, 11) is -1.17. The van der Waals surface area contributed by atoms with Crippen molar-refractivity contribution in [2.75, 3.05) is 0 Å². The van der Waals surface area contributed by atoms with E-state index in [1.807, 2.05) is 32.9 Å². The number of rotatable bonds is 1. The van der Waals surface area contributed by atoms with Crippen molar-refractivity contribution in [3.05, 3.63) is 29.6 Å². The van der Waals surface area contributed by atoms with Gasteiger partial charge in [0, 0.05) is 17.5 Å². The molecule has 0 fully saturated rings. The number of nitrogens with zero attached hydrogens (tertiary/aromatic N) is 2. The standard InChI is InChI=1S/C12H16N2OS/c1-12(2,3)16(15)14-11-7-6-10-9(11)5-4-8-13-10/h4-5,8H,6-7H2,1-3H3/t16-/m0/s1. The Morgan fingerprint density at radius 1 is 1.38 bits per heavy atom. The number of hydrogen-bond acceptors (Lipinski definition) is 2. The molecule has 0 saturated carbocycles. The van der Waals surface area contributed by atoms with Crippen LogP contribution in [0.5, 0.6) is 0 Å². The van der Waals surface area contributed by atoms with E-state index < -0.39 is 11.0 Å². The molecule has 0 spiro atoms. The molecule has 1 heterocycles. The van der Waals surface area contributed by atoms with Crippen molar-refractivity contribution in [1.82, 2.24) is 4.98 Å². The Labute approximate surface area is 98.6 Å². The SMILES string of the molecule is CC(C)(C)[S@](=O)N=C1CCc2ncccc21. The minimum atomic E-state index is -1.17. The lowest BCUT2D eigenvalue weighted by Crippen LogP contribution is -2.20. The molecule has 0 unspecified atom stereocenters. The molecule has 0 aromatic carbocycles. The zero-order valence-corrected chi connectivity index (χ0v) is 10.7. The van der Waals surface area contributed by atoms with Gasteiger partial charge in [0.05, 0.1) is 10.5 Å². The van der Waals surface area contributed by atoms with E-state index in [0.717, 1.165) is 29.8 Å². The van der Waals surface area contributed by atoms with E-state index >= 15 is 0 Å². The van der Waals surface area contributed by atoms with Crippen LogP contribution in [0.2, 0.25) is 0 Å². The molecular weight excluding hydrogens is 220 g/mol. The zero-order valence-electron chi connectivity index (χ0n) is 9.86. The lowest BCUT2D eigenvalue weighted by molar-refractivity contribution is 0.650. The Morgan fingerprint density at radius 2 is 2.12 bits per heavy atom. The minimum absolute atomic E-state index is 0.294. The first-order chi connectivity index (χ1) is 7.48. The second-order valence-electron chi connectivity index (χ2n) is 4.90. The first-order valence-electron chi connectivity index (χ1n) is 5.42. The molecule has 0 N–H and O–H groups in total. The van der Waals surface area contributed by atoms with Gasteiger partial charge >= 0.3 is 0 Å². The third kappa shape index (κ3) is 2.21. The summed E-state index contributed by atoms with van der Waals surface area (Å²) < 4.78 is 16.0. The highest BCUT2D eigenvalue weighted by atomic mass is 32.2. The van der Waals surface area contributed by atoms with Crippen molar-refractivity contribution in [1.29, 1.82) is 0 Å². The summed E-state index contributed by atoms with van der Waals surface area (Å²) in [6, 6.07) is 3.91. The lowest BCUT2D eigenvalue weighted by atomic mass is 10.2. The Hall–Kier alpha value is -1.03. The molecule has 3 nitrogen and oxygen atoms in total. The second kappa shape index (κ2) is 4.09. The minimum Gasteiger partial charge on any atom is -0.261 e. The molecule has 0 bridgehead atoms. The zero-order chi connectivity index (χ0) is 11.8. The molecule has 4 heteroatoms. The van der Waals surface area contributed by atoms with Crippen LogP contribution in [-0.4, -0.2) is 19.7 Å². The number of pyridine rings is 1.